The number of nitrogens with zero attached hydrogens (tertiary/aromatic N) is 1. The van der Waals surface area contributed by atoms with E-state index in [9.17, 15) is 14.4 Å². The first-order valence-corrected chi connectivity index (χ1v) is 7.79. The number of benzene rings is 1. The maximum atomic E-state index is 11.8. The molecule has 25 heavy (non-hydrogen) atoms. The van der Waals surface area contributed by atoms with Gasteiger partial charge in [0.2, 0.25) is 0 Å². The van der Waals surface area contributed by atoms with Crippen LogP contribution < -0.4 is 15.4 Å². The lowest BCUT2D eigenvalue weighted by Gasteiger charge is -2.14. The molecule has 0 saturated carbocycles. The summed E-state index contributed by atoms with van der Waals surface area (Å²) in [4.78, 5) is 34.8. The van der Waals surface area contributed by atoms with Crippen LogP contribution in [0.2, 0.25) is 0 Å². The largest absolute Gasteiger partial charge is 0.479 e. The zero-order valence-electron chi connectivity index (χ0n) is 14.4. The van der Waals surface area contributed by atoms with Gasteiger partial charge in [0.15, 0.2) is 12.7 Å². The third-order valence-electron chi connectivity index (χ3n) is 3.22. The van der Waals surface area contributed by atoms with Crippen molar-refractivity contribution in [2.24, 2.45) is 0 Å². The van der Waals surface area contributed by atoms with Crippen LogP contribution in [0.15, 0.2) is 24.3 Å². The fourth-order valence-electron chi connectivity index (χ4n) is 1.64. The topological polar surface area (TPSA) is 118 Å². The third kappa shape index (κ3) is 7.35. The van der Waals surface area contributed by atoms with E-state index in [-0.39, 0.29) is 6.04 Å². The number of carbonyl (C=O) groups is 3. The van der Waals surface area contributed by atoms with Gasteiger partial charge < -0.3 is 14.8 Å². The second-order valence-corrected chi connectivity index (χ2v) is 5.33. The second kappa shape index (κ2) is 9.93. The smallest absolute Gasteiger partial charge is 0.347 e. The highest BCUT2D eigenvalue weighted by Crippen LogP contribution is 2.13. The highest BCUT2D eigenvalue weighted by molar-refractivity contribution is 5.95. The summed E-state index contributed by atoms with van der Waals surface area (Å²) < 4.78 is 10.2. The zero-order valence-corrected chi connectivity index (χ0v) is 14.4. The Hall–Kier alpha value is -3.08. The Bertz CT molecular complexity index is 651. The molecule has 2 N–H and O–H groups in total. The minimum atomic E-state index is -0.949. The van der Waals surface area contributed by atoms with E-state index < -0.39 is 30.6 Å². The maximum absolute atomic E-state index is 11.8. The number of nitrogens with one attached hydrogen (secondary N) is 2. The summed E-state index contributed by atoms with van der Waals surface area (Å²) in [6, 6.07) is 7.46. The molecule has 0 aliphatic heterocycles. The molecule has 1 aromatic carbocycles. The Morgan fingerprint density at radius 2 is 1.84 bits per heavy atom. The Kier molecular flexibility index (Phi) is 7.93. The van der Waals surface area contributed by atoms with E-state index in [1.165, 1.54) is 6.92 Å². The lowest BCUT2D eigenvalue weighted by Crippen LogP contribution is -2.45. The van der Waals surface area contributed by atoms with E-state index in [0.717, 1.165) is 6.42 Å². The monoisotopic (exact) mass is 347 g/mol. The summed E-state index contributed by atoms with van der Waals surface area (Å²) in [6.07, 6.45) is -0.226. The molecule has 8 nitrogen and oxygen atoms in total. The number of hydrogen-bond acceptors (Lipinski definition) is 6. The van der Waals surface area contributed by atoms with Crippen LogP contribution in [0.3, 0.4) is 0 Å². The van der Waals surface area contributed by atoms with Crippen LogP contribution in [0.4, 0.5) is 4.79 Å². The van der Waals surface area contributed by atoms with Gasteiger partial charge in [0, 0.05) is 6.04 Å². The number of carbonyl (C=O) groups excluding carboxylic acids is 3. The molecule has 134 valence electrons. The molecule has 0 bridgehead atoms. The van der Waals surface area contributed by atoms with E-state index in [1.807, 2.05) is 13.0 Å². The van der Waals surface area contributed by atoms with Gasteiger partial charge >= 0.3 is 12.0 Å². The molecule has 0 heterocycles. The fraction of sp³-hybridized carbons (Fsp3) is 0.412. The quantitative estimate of drug-likeness (QED) is 0.722. The molecule has 3 amide bonds. The van der Waals surface area contributed by atoms with Crippen LogP contribution in [0.5, 0.6) is 5.75 Å². The van der Waals surface area contributed by atoms with Crippen molar-refractivity contribution in [3.63, 3.8) is 0 Å². The molecule has 0 aliphatic rings. The van der Waals surface area contributed by atoms with Gasteiger partial charge in [-0.05, 0) is 44.5 Å². The van der Waals surface area contributed by atoms with Crippen LogP contribution in [-0.4, -0.2) is 36.7 Å². The van der Waals surface area contributed by atoms with Crippen molar-refractivity contribution in [1.29, 1.82) is 5.26 Å². The van der Waals surface area contributed by atoms with Gasteiger partial charge in [-0.1, -0.05) is 6.92 Å². The molecule has 2 atom stereocenters. The van der Waals surface area contributed by atoms with Crippen molar-refractivity contribution in [2.75, 3.05) is 6.61 Å². The Labute approximate surface area is 146 Å². The van der Waals surface area contributed by atoms with E-state index >= 15 is 0 Å². The van der Waals surface area contributed by atoms with Crippen molar-refractivity contribution >= 4 is 17.9 Å². The first-order chi connectivity index (χ1) is 11.8. The molecular formula is C17H21N3O5. The number of hydrogen-bond donors (Lipinski definition) is 2. The lowest BCUT2D eigenvalue weighted by atomic mass is 10.2. The van der Waals surface area contributed by atoms with Gasteiger partial charge in [-0.15, -0.1) is 0 Å². The molecule has 8 heteroatoms. The number of urea groups is 1. The number of imide groups is 1. The van der Waals surface area contributed by atoms with E-state index in [1.54, 1.807) is 31.2 Å². The first-order valence-electron chi connectivity index (χ1n) is 7.79. The van der Waals surface area contributed by atoms with Crippen LogP contribution in [0.25, 0.3) is 0 Å². The summed E-state index contributed by atoms with van der Waals surface area (Å²) >= 11 is 0. The Morgan fingerprint density at radius 1 is 1.20 bits per heavy atom. The van der Waals surface area contributed by atoms with E-state index in [4.69, 9.17) is 14.7 Å². The van der Waals surface area contributed by atoms with E-state index in [2.05, 4.69) is 10.6 Å². The summed E-state index contributed by atoms with van der Waals surface area (Å²) in [7, 11) is 0. The third-order valence-corrected chi connectivity index (χ3v) is 3.22. The summed E-state index contributed by atoms with van der Waals surface area (Å²) in [6.45, 7) is 4.57. The van der Waals surface area contributed by atoms with Crippen LogP contribution >= 0.6 is 0 Å². The normalized spacial score (nSPS) is 12.2. The predicted molar refractivity (Wildman–Crippen MR) is 88.6 cm³/mol. The van der Waals surface area contributed by atoms with Gasteiger partial charge in [-0.25, -0.2) is 9.59 Å². The molecule has 0 radical (unpaired) electrons. The van der Waals surface area contributed by atoms with Crippen molar-refractivity contribution < 1.29 is 23.9 Å². The van der Waals surface area contributed by atoms with Crippen LogP contribution in [0.1, 0.15) is 32.8 Å². The number of rotatable bonds is 7. The average molecular weight is 347 g/mol. The summed E-state index contributed by atoms with van der Waals surface area (Å²) in [5.74, 6) is -1.09. The fourth-order valence-corrected chi connectivity index (χ4v) is 1.64. The minimum Gasteiger partial charge on any atom is -0.479 e. The van der Waals surface area contributed by atoms with Crippen LogP contribution in [-0.2, 0) is 14.3 Å². The minimum absolute atomic E-state index is 0.0730. The SMILES string of the molecule is CC[C@@H](C)NC(=O)NC(=O)COC(=O)[C@@H](C)Oc1ccc(C#N)cc1. The molecule has 0 saturated heterocycles. The number of nitriles is 1. The molecule has 0 aliphatic carbocycles. The summed E-state index contributed by atoms with van der Waals surface area (Å²) in [5.41, 5.74) is 0.468. The van der Waals surface area contributed by atoms with Gasteiger partial charge in [-0.3, -0.25) is 10.1 Å². The molecule has 0 fully saturated rings. The zero-order chi connectivity index (χ0) is 18.8. The standard InChI is InChI=1S/C17H21N3O5/c1-4-11(2)19-17(23)20-15(21)10-24-16(22)12(3)25-14-7-5-13(9-18)6-8-14/h5-8,11-12H,4,10H2,1-3H3,(H2,19,20,21,23)/t11-,12-/m1/s1. The average Bonchev–Trinajstić information content (AvgIpc) is 2.59. The molecule has 0 aromatic heterocycles. The lowest BCUT2D eigenvalue weighted by molar-refractivity contribution is -0.154. The molecule has 1 rings (SSSR count). The predicted octanol–water partition coefficient (Wildman–Crippen LogP) is 1.49. The first kappa shape index (κ1) is 20.0. The Balaban J connectivity index is 2.38. The second-order valence-electron chi connectivity index (χ2n) is 5.33. The van der Waals surface area contributed by atoms with Gasteiger partial charge in [-0.2, -0.15) is 5.26 Å². The van der Waals surface area contributed by atoms with Gasteiger partial charge in [0.05, 0.1) is 11.6 Å². The van der Waals surface area contributed by atoms with Crippen molar-refractivity contribution in [2.45, 2.75) is 39.3 Å². The van der Waals surface area contributed by atoms with Crippen molar-refractivity contribution in [3.05, 3.63) is 29.8 Å². The van der Waals surface area contributed by atoms with Crippen molar-refractivity contribution in [1.82, 2.24) is 10.6 Å². The molecule has 0 unspecified atom stereocenters. The number of ether oxygens (including phenoxy) is 2. The molecular weight excluding hydrogens is 326 g/mol. The van der Waals surface area contributed by atoms with Crippen molar-refractivity contribution in [3.8, 4) is 11.8 Å². The highest BCUT2D eigenvalue weighted by atomic mass is 16.6. The maximum Gasteiger partial charge on any atom is 0.347 e. The summed E-state index contributed by atoms with van der Waals surface area (Å²) in [5, 5.41) is 13.3. The van der Waals surface area contributed by atoms with Crippen LogP contribution in [0, 0.1) is 11.3 Å². The highest BCUT2D eigenvalue weighted by Gasteiger charge is 2.18. The molecule has 0 spiro atoms. The number of esters is 1. The molecule has 1 aromatic rings. The van der Waals surface area contributed by atoms with E-state index in [0.29, 0.717) is 11.3 Å². The number of amides is 3. The Morgan fingerprint density at radius 3 is 2.40 bits per heavy atom. The van der Waals surface area contributed by atoms with Gasteiger partial charge in [0.1, 0.15) is 5.75 Å². The van der Waals surface area contributed by atoms with Gasteiger partial charge in [0.25, 0.3) is 5.91 Å².